The lowest BCUT2D eigenvalue weighted by Gasteiger charge is -2.21. The van der Waals surface area contributed by atoms with Crippen LogP contribution in [0.25, 0.3) is 0 Å². The molecule has 3 unspecified atom stereocenters. The normalized spacial score (nSPS) is 14.5. The first-order valence-electron chi connectivity index (χ1n) is 35.9. The van der Waals surface area contributed by atoms with Crippen LogP contribution in [0.5, 0.6) is 0 Å². The highest BCUT2D eigenvalue weighted by molar-refractivity contribution is 7.47. The van der Waals surface area contributed by atoms with Crippen molar-refractivity contribution in [1.82, 2.24) is 0 Å². The summed E-state index contributed by atoms with van der Waals surface area (Å²) in [5.41, 5.74) is 0. The maximum atomic E-state index is 13.0. The van der Waals surface area contributed by atoms with E-state index in [0.717, 1.165) is 114 Å². The monoisotopic (exact) mass is 1300 g/mol. The molecule has 0 saturated heterocycles. The number of carbonyl (C=O) groups is 4. The predicted molar refractivity (Wildman–Crippen MR) is 354 cm³/mol. The Morgan fingerprint density at radius 2 is 0.580 bits per heavy atom. The number of aliphatic hydroxyl groups is 1. The van der Waals surface area contributed by atoms with Crippen molar-refractivity contribution in [2.75, 3.05) is 39.6 Å². The third kappa shape index (κ3) is 61.6. The topological polar surface area (TPSA) is 237 Å². The number of hydrogen-bond acceptors (Lipinski definition) is 15. The van der Waals surface area contributed by atoms with Crippen LogP contribution in [0.1, 0.15) is 344 Å². The Balaban J connectivity index is 5.16. The average Bonchev–Trinajstić information content (AvgIpc) is 3.70. The maximum absolute atomic E-state index is 13.0. The predicted octanol–water partition coefficient (Wildman–Crippen LogP) is 19.5. The van der Waals surface area contributed by atoms with Gasteiger partial charge in [-0.05, 0) is 43.4 Å². The number of ether oxygens (including phenoxy) is 4. The zero-order chi connectivity index (χ0) is 65.2. The highest BCUT2D eigenvalue weighted by Crippen LogP contribution is 2.45. The molecule has 0 amide bonds. The van der Waals surface area contributed by atoms with Gasteiger partial charge in [-0.3, -0.25) is 37.3 Å². The van der Waals surface area contributed by atoms with Gasteiger partial charge in [-0.2, -0.15) is 0 Å². The Bertz CT molecular complexity index is 1730. The highest BCUT2D eigenvalue weighted by Gasteiger charge is 2.30. The van der Waals surface area contributed by atoms with Gasteiger partial charge >= 0.3 is 39.5 Å². The summed E-state index contributed by atoms with van der Waals surface area (Å²) in [7, 11) is -9.89. The molecular weight excluding hydrogens is 1160 g/mol. The van der Waals surface area contributed by atoms with Crippen LogP contribution in [-0.4, -0.2) is 96.7 Å². The fourth-order valence-corrected chi connectivity index (χ4v) is 11.9. The van der Waals surface area contributed by atoms with Crippen molar-refractivity contribution in [3.05, 3.63) is 0 Å². The fourth-order valence-electron chi connectivity index (χ4n) is 10.3. The number of phosphoric ester groups is 2. The van der Waals surface area contributed by atoms with Gasteiger partial charge in [0, 0.05) is 25.7 Å². The number of carbonyl (C=O) groups excluding carboxylic acids is 4. The van der Waals surface area contributed by atoms with Gasteiger partial charge in [0.1, 0.15) is 19.3 Å². The summed E-state index contributed by atoms with van der Waals surface area (Å²) >= 11 is 0. The van der Waals surface area contributed by atoms with Crippen LogP contribution in [0.3, 0.4) is 0 Å². The standard InChI is InChI=1S/C69H134O17P2/c1-8-10-11-33-43-50-66(71)79-56-64(85-69(74)53-46-39-32-26-25-28-35-41-48-61(5)6)58-83-87(75,76)81-54-63(70)55-82-88(77,78)84-59-65(57-80-67(72)51-44-37-30-23-20-19-22-29-36-42-49-62(7)9-2)86-68(73)52-45-38-31-24-18-16-14-12-13-15-17-21-27-34-40-47-60(3)4/h60-65,70H,8-59H2,1-7H3,(H,75,76)(H,77,78)/t62?,63-,64+,65+/m0/s1. The fraction of sp³-hybridized carbons (Fsp3) is 0.942. The molecule has 0 heterocycles. The molecule has 0 bridgehead atoms. The van der Waals surface area contributed by atoms with E-state index in [0.29, 0.717) is 25.7 Å². The molecule has 522 valence electrons. The van der Waals surface area contributed by atoms with Crippen LogP contribution in [0.15, 0.2) is 0 Å². The summed E-state index contributed by atoms with van der Waals surface area (Å²) in [6.07, 6.45) is 43.4. The van der Waals surface area contributed by atoms with Crippen molar-refractivity contribution in [3.8, 4) is 0 Å². The van der Waals surface area contributed by atoms with Gasteiger partial charge in [0.05, 0.1) is 26.4 Å². The van der Waals surface area contributed by atoms with Crippen molar-refractivity contribution in [2.45, 2.75) is 362 Å². The molecule has 0 aromatic carbocycles. The molecule has 6 atom stereocenters. The average molecular weight is 1300 g/mol. The molecule has 0 aromatic heterocycles. The van der Waals surface area contributed by atoms with Crippen molar-refractivity contribution in [1.29, 1.82) is 0 Å². The lowest BCUT2D eigenvalue weighted by atomic mass is 9.99. The van der Waals surface area contributed by atoms with Crippen molar-refractivity contribution in [2.24, 2.45) is 17.8 Å². The van der Waals surface area contributed by atoms with Gasteiger partial charge < -0.3 is 33.8 Å². The molecule has 0 fully saturated rings. The first-order chi connectivity index (χ1) is 42.3. The van der Waals surface area contributed by atoms with Crippen LogP contribution in [-0.2, 0) is 65.4 Å². The molecule has 0 radical (unpaired) electrons. The van der Waals surface area contributed by atoms with E-state index in [1.807, 2.05) is 0 Å². The van der Waals surface area contributed by atoms with Crippen LogP contribution >= 0.6 is 15.6 Å². The third-order valence-corrected chi connectivity index (χ3v) is 18.1. The van der Waals surface area contributed by atoms with Crippen LogP contribution in [0.4, 0.5) is 0 Å². The maximum Gasteiger partial charge on any atom is 0.472 e. The minimum absolute atomic E-state index is 0.103. The Hall–Kier alpha value is -1.94. The summed E-state index contributed by atoms with van der Waals surface area (Å²) in [4.78, 5) is 72.2. The highest BCUT2D eigenvalue weighted by atomic mass is 31.2. The second-order valence-electron chi connectivity index (χ2n) is 26.1. The van der Waals surface area contributed by atoms with Gasteiger partial charge in [0.2, 0.25) is 0 Å². The number of esters is 4. The zero-order valence-electron chi connectivity index (χ0n) is 57.2. The Labute approximate surface area is 537 Å². The first kappa shape index (κ1) is 86.1. The Morgan fingerprint density at radius 3 is 0.864 bits per heavy atom. The third-order valence-electron chi connectivity index (χ3n) is 16.2. The van der Waals surface area contributed by atoms with Crippen LogP contribution in [0.2, 0.25) is 0 Å². The van der Waals surface area contributed by atoms with Gasteiger partial charge in [-0.1, -0.05) is 292 Å². The van der Waals surface area contributed by atoms with E-state index in [-0.39, 0.29) is 25.7 Å². The van der Waals surface area contributed by atoms with E-state index in [1.165, 1.54) is 148 Å². The number of rotatable bonds is 67. The molecule has 0 aromatic rings. The van der Waals surface area contributed by atoms with E-state index in [9.17, 15) is 43.2 Å². The van der Waals surface area contributed by atoms with Crippen LogP contribution < -0.4 is 0 Å². The van der Waals surface area contributed by atoms with Crippen LogP contribution in [0, 0.1) is 17.8 Å². The summed E-state index contributed by atoms with van der Waals surface area (Å²) in [6, 6.07) is 0. The number of hydrogen-bond donors (Lipinski definition) is 3. The number of phosphoric acid groups is 2. The molecule has 17 nitrogen and oxygen atoms in total. The van der Waals surface area contributed by atoms with Crippen molar-refractivity contribution in [3.63, 3.8) is 0 Å². The Kier molecular flexibility index (Phi) is 58.7. The lowest BCUT2D eigenvalue weighted by molar-refractivity contribution is -0.161. The number of unbranched alkanes of at least 4 members (excludes halogenated alkanes) is 34. The second kappa shape index (κ2) is 60.0. The first-order valence-corrected chi connectivity index (χ1v) is 38.9. The van der Waals surface area contributed by atoms with Gasteiger partial charge in [0.15, 0.2) is 12.2 Å². The van der Waals surface area contributed by atoms with Gasteiger partial charge in [-0.15, -0.1) is 0 Å². The summed E-state index contributed by atoms with van der Waals surface area (Å²) in [5.74, 6) is 0.191. The quantitative estimate of drug-likeness (QED) is 0.0222. The molecule has 0 aliphatic rings. The van der Waals surface area contributed by atoms with Gasteiger partial charge in [-0.25, -0.2) is 9.13 Å². The molecule has 0 saturated carbocycles. The van der Waals surface area contributed by atoms with E-state index >= 15 is 0 Å². The second-order valence-corrected chi connectivity index (χ2v) is 29.0. The molecule has 88 heavy (non-hydrogen) atoms. The van der Waals surface area contributed by atoms with E-state index < -0.39 is 97.5 Å². The molecule has 0 aliphatic carbocycles. The van der Waals surface area contributed by atoms with E-state index in [2.05, 4.69) is 48.5 Å². The zero-order valence-corrected chi connectivity index (χ0v) is 59.0. The molecule has 3 N–H and O–H groups in total. The molecule has 0 spiro atoms. The summed E-state index contributed by atoms with van der Waals surface area (Å²) in [5, 5.41) is 10.5. The van der Waals surface area contributed by atoms with Gasteiger partial charge in [0.25, 0.3) is 0 Å². The SMILES string of the molecule is CCCCCCCC(=O)OC[C@H](COP(=O)(O)OC[C@H](O)COP(=O)(O)OC[C@@H](COC(=O)CCCCCCCCCCCCC(C)CC)OC(=O)CCCCCCCCCCCCCCCCCC(C)C)OC(=O)CCCCCCCCCCC(C)C. The lowest BCUT2D eigenvalue weighted by Crippen LogP contribution is -2.30. The smallest absolute Gasteiger partial charge is 0.462 e. The summed E-state index contributed by atoms with van der Waals surface area (Å²) in [6.45, 7) is 11.8. The number of aliphatic hydroxyl groups excluding tert-OH is 1. The molecule has 0 aliphatic heterocycles. The minimum atomic E-state index is -4.95. The molecule has 0 rings (SSSR count). The van der Waals surface area contributed by atoms with Crippen molar-refractivity contribution < 1.29 is 80.2 Å². The van der Waals surface area contributed by atoms with Crippen molar-refractivity contribution >= 4 is 39.5 Å². The van der Waals surface area contributed by atoms with E-state index in [4.69, 9.17) is 37.0 Å². The minimum Gasteiger partial charge on any atom is -0.462 e. The van der Waals surface area contributed by atoms with E-state index in [1.54, 1.807) is 0 Å². The molecular formula is C69H134O17P2. The largest absolute Gasteiger partial charge is 0.472 e. The molecule has 19 heteroatoms. The summed E-state index contributed by atoms with van der Waals surface area (Å²) < 4.78 is 68.0. The Morgan fingerprint density at radius 1 is 0.330 bits per heavy atom.